The van der Waals surface area contributed by atoms with E-state index in [0.717, 1.165) is 0 Å². The van der Waals surface area contributed by atoms with Crippen LogP contribution in [-0.4, -0.2) is 16.6 Å². The third-order valence-electron chi connectivity index (χ3n) is 0.882. The van der Waals surface area contributed by atoms with E-state index in [2.05, 4.69) is 5.73 Å². The number of hydrogen-bond donors (Lipinski definition) is 3. The number of phenolic OH excluding ortho intramolecular Hbond substituents is 2. The zero-order valence-corrected chi connectivity index (χ0v) is 5.77. The fourth-order valence-corrected chi connectivity index (χ4v) is 0.464. The van der Waals surface area contributed by atoms with Crippen molar-refractivity contribution in [2.24, 2.45) is 5.73 Å². The molecule has 0 radical (unpaired) electrons. The third kappa shape index (κ3) is 3.80. The molecule has 1 aromatic carbocycles. The van der Waals surface area contributed by atoms with Gasteiger partial charge in [0.05, 0.1) is 0 Å². The lowest BCUT2D eigenvalue weighted by Crippen LogP contribution is -1.82. The van der Waals surface area contributed by atoms with Crippen molar-refractivity contribution in [3.63, 3.8) is 0 Å². The standard InChI is InChI=1S/C6H6O2.CH3NO/c7-5-3-1-2-4-6(5)8;2-1-3/h1-4,7-8H;1H,(H2,2,3). The zero-order chi connectivity index (χ0) is 8.69. The Hall–Kier alpha value is -1.71. The van der Waals surface area contributed by atoms with Crippen LogP contribution in [0.1, 0.15) is 0 Å². The first-order chi connectivity index (χ1) is 5.22. The van der Waals surface area contributed by atoms with Gasteiger partial charge in [-0.3, -0.25) is 4.79 Å². The first-order valence-corrected chi connectivity index (χ1v) is 2.84. The molecule has 0 aliphatic carbocycles. The van der Waals surface area contributed by atoms with E-state index in [1.807, 2.05) is 0 Å². The second kappa shape index (κ2) is 5.10. The smallest absolute Gasteiger partial charge is 0.204 e. The van der Waals surface area contributed by atoms with Crippen LogP contribution in [0.4, 0.5) is 0 Å². The molecule has 0 aromatic heterocycles. The van der Waals surface area contributed by atoms with Gasteiger partial charge in [0.25, 0.3) is 0 Å². The van der Waals surface area contributed by atoms with Gasteiger partial charge in [-0.05, 0) is 12.1 Å². The number of benzene rings is 1. The molecule has 0 aliphatic heterocycles. The van der Waals surface area contributed by atoms with Crippen molar-refractivity contribution in [1.29, 1.82) is 0 Å². The molecule has 0 spiro atoms. The number of phenols is 2. The Morgan fingerprint density at radius 3 is 1.64 bits per heavy atom. The normalized spacial score (nSPS) is 7.64. The van der Waals surface area contributed by atoms with Crippen LogP contribution in [0, 0.1) is 0 Å². The molecule has 1 rings (SSSR count). The topological polar surface area (TPSA) is 83.6 Å². The molecule has 0 saturated heterocycles. The van der Waals surface area contributed by atoms with Gasteiger partial charge in [0.2, 0.25) is 6.41 Å². The van der Waals surface area contributed by atoms with Crippen LogP contribution in [0.2, 0.25) is 0 Å². The number of hydrogen-bond acceptors (Lipinski definition) is 3. The van der Waals surface area contributed by atoms with Crippen molar-refractivity contribution in [2.75, 3.05) is 0 Å². The SMILES string of the molecule is NC=O.Oc1ccccc1O. The van der Waals surface area contributed by atoms with E-state index in [0.29, 0.717) is 0 Å². The van der Waals surface area contributed by atoms with Gasteiger partial charge in [-0.25, -0.2) is 0 Å². The van der Waals surface area contributed by atoms with Gasteiger partial charge in [0, 0.05) is 0 Å². The number of rotatable bonds is 0. The Morgan fingerprint density at radius 2 is 1.45 bits per heavy atom. The number of aromatic hydroxyl groups is 2. The molecule has 1 amide bonds. The third-order valence-corrected chi connectivity index (χ3v) is 0.882. The molecule has 4 N–H and O–H groups in total. The number of nitrogens with two attached hydrogens (primary N) is 1. The second-order valence-electron chi connectivity index (χ2n) is 1.62. The minimum absolute atomic E-state index is 0.0764. The Morgan fingerprint density at radius 1 is 1.18 bits per heavy atom. The van der Waals surface area contributed by atoms with E-state index < -0.39 is 0 Å². The minimum Gasteiger partial charge on any atom is -0.504 e. The van der Waals surface area contributed by atoms with E-state index in [-0.39, 0.29) is 17.9 Å². The van der Waals surface area contributed by atoms with Crippen LogP contribution in [0.25, 0.3) is 0 Å². The summed E-state index contributed by atoms with van der Waals surface area (Å²) >= 11 is 0. The lowest BCUT2D eigenvalue weighted by Gasteiger charge is -1.91. The van der Waals surface area contributed by atoms with Crippen molar-refractivity contribution in [3.05, 3.63) is 24.3 Å². The molecule has 4 heteroatoms. The minimum atomic E-state index is -0.0764. The maximum absolute atomic E-state index is 8.67. The molecule has 0 heterocycles. The largest absolute Gasteiger partial charge is 0.504 e. The van der Waals surface area contributed by atoms with Crippen molar-refractivity contribution in [3.8, 4) is 11.5 Å². The van der Waals surface area contributed by atoms with E-state index in [1.165, 1.54) is 12.1 Å². The average molecular weight is 155 g/mol. The molecular formula is C7H9NO3. The maximum Gasteiger partial charge on any atom is 0.204 e. The lowest BCUT2D eigenvalue weighted by atomic mass is 10.3. The van der Waals surface area contributed by atoms with Crippen molar-refractivity contribution in [1.82, 2.24) is 0 Å². The van der Waals surface area contributed by atoms with E-state index in [1.54, 1.807) is 12.1 Å². The lowest BCUT2D eigenvalue weighted by molar-refractivity contribution is -0.106. The highest BCUT2D eigenvalue weighted by molar-refractivity contribution is 5.42. The molecule has 0 aliphatic rings. The van der Waals surface area contributed by atoms with Gasteiger partial charge >= 0.3 is 0 Å². The Balaban J connectivity index is 0.000000292. The summed E-state index contributed by atoms with van der Waals surface area (Å²) in [7, 11) is 0. The van der Waals surface area contributed by atoms with E-state index in [4.69, 9.17) is 15.0 Å². The van der Waals surface area contributed by atoms with E-state index >= 15 is 0 Å². The summed E-state index contributed by atoms with van der Waals surface area (Å²) in [6.45, 7) is 0. The summed E-state index contributed by atoms with van der Waals surface area (Å²) in [5, 5.41) is 17.3. The summed E-state index contributed by atoms with van der Waals surface area (Å²) in [5.74, 6) is -0.153. The molecule has 4 nitrogen and oxygen atoms in total. The molecule has 0 atom stereocenters. The molecule has 11 heavy (non-hydrogen) atoms. The number of primary amides is 1. The summed E-state index contributed by atoms with van der Waals surface area (Å²) in [5.41, 5.74) is 4.17. The fraction of sp³-hybridized carbons (Fsp3) is 0. The van der Waals surface area contributed by atoms with Gasteiger partial charge in [-0.15, -0.1) is 0 Å². The monoisotopic (exact) mass is 155 g/mol. The Labute approximate surface area is 63.9 Å². The van der Waals surface area contributed by atoms with Crippen LogP contribution >= 0.6 is 0 Å². The van der Waals surface area contributed by atoms with Gasteiger partial charge in [0.1, 0.15) is 0 Å². The summed E-state index contributed by atoms with van der Waals surface area (Å²) in [6.07, 6.45) is 0.250. The Bertz CT molecular complexity index is 204. The molecule has 0 unspecified atom stereocenters. The van der Waals surface area contributed by atoms with Crippen LogP contribution < -0.4 is 5.73 Å². The van der Waals surface area contributed by atoms with Crippen molar-refractivity contribution >= 4 is 6.41 Å². The van der Waals surface area contributed by atoms with Crippen LogP contribution in [0.3, 0.4) is 0 Å². The predicted octanol–water partition coefficient (Wildman–Crippen LogP) is 0.199. The predicted molar refractivity (Wildman–Crippen MR) is 40.0 cm³/mol. The van der Waals surface area contributed by atoms with Crippen molar-refractivity contribution < 1.29 is 15.0 Å². The molecule has 0 bridgehead atoms. The first kappa shape index (κ1) is 9.29. The first-order valence-electron chi connectivity index (χ1n) is 2.84. The van der Waals surface area contributed by atoms with Gasteiger partial charge in [-0.1, -0.05) is 12.1 Å². The molecule has 0 fully saturated rings. The Kier molecular flexibility index (Phi) is 4.31. The molecule has 1 aromatic rings. The summed E-state index contributed by atoms with van der Waals surface area (Å²) in [6, 6.07) is 6.15. The van der Waals surface area contributed by atoms with Crippen molar-refractivity contribution in [2.45, 2.75) is 0 Å². The fourth-order valence-electron chi connectivity index (χ4n) is 0.464. The maximum atomic E-state index is 8.67. The molecular weight excluding hydrogens is 146 g/mol. The van der Waals surface area contributed by atoms with Gasteiger partial charge in [-0.2, -0.15) is 0 Å². The number of carbonyl (C=O) groups is 1. The number of carbonyl (C=O) groups excluding carboxylic acids is 1. The highest BCUT2D eigenvalue weighted by Crippen LogP contribution is 2.21. The molecule has 60 valence electrons. The summed E-state index contributed by atoms with van der Waals surface area (Å²) in [4.78, 5) is 8.58. The highest BCUT2D eigenvalue weighted by Gasteiger charge is 1.90. The number of amides is 1. The highest BCUT2D eigenvalue weighted by atomic mass is 16.3. The van der Waals surface area contributed by atoms with Crippen LogP contribution in [0.15, 0.2) is 24.3 Å². The van der Waals surface area contributed by atoms with Crippen LogP contribution in [-0.2, 0) is 4.79 Å². The average Bonchev–Trinajstić information content (AvgIpc) is 1.97. The second-order valence-corrected chi connectivity index (χ2v) is 1.62. The summed E-state index contributed by atoms with van der Waals surface area (Å²) < 4.78 is 0. The number of para-hydroxylation sites is 2. The zero-order valence-electron chi connectivity index (χ0n) is 5.77. The molecule has 0 saturated carbocycles. The van der Waals surface area contributed by atoms with E-state index in [9.17, 15) is 0 Å². The van der Waals surface area contributed by atoms with Gasteiger partial charge in [0.15, 0.2) is 11.5 Å². The quantitative estimate of drug-likeness (QED) is 0.369. The van der Waals surface area contributed by atoms with Gasteiger partial charge < -0.3 is 15.9 Å². The van der Waals surface area contributed by atoms with Crippen LogP contribution in [0.5, 0.6) is 11.5 Å².